The topological polar surface area (TPSA) is 132 Å². The molecule has 1 aliphatic heterocycles. The molecule has 2 aromatic heterocycles. The molecule has 0 aliphatic carbocycles. The molecule has 0 unspecified atom stereocenters. The summed E-state index contributed by atoms with van der Waals surface area (Å²) in [7, 11) is 7.76. The summed E-state index contributed by atoms with van der Waals surface area (Å²) in [5.74, 6) is 1.36. The minimum Gasteiger partial charge on any atom is -0.493 e. The molecule has 0 radical (unpaired) electrons. The molecule has 4 rings (SSSR count). The van der Waals surface area contributed by atoms with E-state index in [2.05, 4.69) is 9.88 Å². The fraction of sp³-hybridized carbons (Fsp3) is 0.467. The molecule has 14 heteroatoms. The van der Waals surface area contributed by atoms with E-state index < -0.39 is 5.69 Å². The van der Waals surface area contributed by atoms with Crippen molar-refractivity contribution in [3.8, 4) is 17.2 Å². The van der Waals surface area contributed by atoms with Crippen molar-refractivity contribution in [1.29, 1.82) is 0 Å². The van der Waals surface area contributed by atoms with Crippen LogP contribution < -0.4 is 25.5 Å². The van der Waals surface area contributed by atoms with E-state index in [0.29, 0.717) is 80.9 Å². The largest absolute Gasteiger partial charge is 0.493 e. The molecule has 1 saturated heterocycles. The van der Waals surface area contributed by atoms with Gasteiger partial charge in [0, 0.05) is 66.5 Å². The maximum atomic E-state index is 12.8. The van der Waals surface area contributed by atoms with Gasteiger partial charge in [-0.2, -0.15) is 0 Å². The van der Waals surface area contributed by atoms with Gasteiger partial charge < -0.3 is 33.2 Å². The number of rotatable bonds is 14. The number of aromatic nitrogens is 4. The second-order valence-electron chi connectivity index (χ2n) is 10.1. The highest BCUT2D eigenvalue weighted by atomic mass is 16.7. The molecule has 0 atom stereocenters. The number of carbonyl (C=O) groups is 1. The molecule has 3 aromatic rings. The Morgan fingerprint density at radius 3 is 2.30 bits per heavy atom. The van der Waals surface area contributed by atoms with E-state index >= 15 is 0 Å². The average Bonchev–Trinajstić information content (AvgIpc) is 3.48. The van der Waals surface area contributed by atoms with E-state index in [1.165, 1.54) is 11.6 Å². The van der Waals surface area contributed by atoms with E-state index in [-0.39, 0.29) is 18.3 Å². The van der Waals surface area contributed by atoms with Crippen molar-refractivity contribution in [2.24, 2.45) is 14.1 Å². The third-order valence-electron chi connectivity index (χ3n) is 7.40. The zero-order valence-electron chi connectivity index (χ0n) is 25.9. The number of allylic oxidation sites excluding steroid dienone is 2. The predicted molar refractivity (Wildman–Crippen MR) is 164 cm³/mol. The van der Waals surface area contributed by atoms with Gasteiger partial charge in [-0.15, -0.1) is 0 Å². The Bertz CT molecular complexity index is 1590. The van der Waals surface area contributed by atoms with Gasteiger partial charge in [-0.3, -0.25) is 23.6 Å². The van der Waals surface area contributed by atoms with E-state index in [0.717, 1.165) is 10.1 Å². The Hall–Kier alpha value is -4.40. The van der Waals surface area contributed by atoms with Crippen LogP contribution in [0, 0.1) is 0 Å². The van der Waals surface area contributed by atoms with E-state index in [1.54, 1.807) is 57.5 Å². The van der Waals surface area contributed by atoms with Crippen molar-refractivity contribution >= 4 is 23.1 Å². The lowest BCUT2D eigenvalue weighted by Crippen LogP contribution is -2.49. The van der Waals surface area contributed by atoms with Crippen LogP contribution in [-0.2, 0) is 34.9 Å². The van der Waals surface area contributed by atoms with Crippen LogP contribution in [-0.4, -0.2) is 108 Å². The number of benzene rings is 1. The van der Waals surface area contributed by atoms with Gasteiger partial charge in [0.05, 0.1) is 33.8 Å². The highest BCUT2D eigenvalue weighted by Gasteiger charge is 2.20. The zero-order valence-corrected chi connectivity index (χ0v) is 25.9. The van der Waals surface area contributed by atoms with E-state index in [4.69, 9.17) is 23.7 Å². The number of fused-ring (bicyclic) bond motifs is 1. The van der Waals surface area contributed by atoms with Crippen LogP contribution >= 0.6 is 0 Å². The standard InChI is InChI=1S/C30H40N6O8/c1-32-28-26(29(38)33(2)30(32)39)36(20-31-28)15-12-34-10-13-35(14-11-34)25(37)9-7-6-8-22-18-23(41-4)27(24(19-22)42-5)44-21-43-17-16-40-3/h6-9,18-20H,10-17,21H2,1-5H3. The maximum Gasteiger partial charge on any atom is 0.332 e. The molecule has 1 fully saturated rings. The number of hydrogen-bond acceptors (Lipinski definition) is 10. The molecule has 3 heterocycles. The predicted octanol–water partition coefficient (Wildman–Crippen LogP) is 0.864. The molecule has 1 aromatic carbocycles. The first-order valence-corrected chi connectivity index (χ1v) is 14.2. The normalized spacial score (nSPS) is 14.2. The first kappa shape index (κ1) is 32.5. The Kier molecular flexibility index (Phi) is 11.4. The number of carbonyl (C=O) groups excluding carboxylic acids is 1. The third-order valence-corrected chi connectivity index (χ3v) is 7.40. The van der Waals surface area contributed by atoms with Crippen LogP contribution in [0.25, 0.3) is 17.2 Å². The SMILES string of the molecule is COCCOCOc1c(OC)cc(C=CC=CC(=O)N2CCN(CCn3cnc4c3c(=O)n(C)c(=O)n4C)CC2)cc1OC. The lowest BCUT2D eigenvalue weighted by atomic mass is 10.1. The molecular weight excluding hydrogens is 572 g/mol. The van der Waals surface area contributed by atoms with E-state index in [1.807, 2.05) is 23.1 Å². The summed E-state index contributed by atoms with van der Waals surface area (Å²) >= 11 is 0. The monoisotopic (exact) mass is 612 g/mol. The fourth-order valence-electron chi connectivity index (χ4n) is 4.86. The summed E-state index contributed by atoms with van der Waals surface area (Å²) in [5, 5.41) is 0. The summed E-state index contributed by atoms with van der Waals surface area (Å²) in [5.41, 5.74) is 0.826. The van der Waals surface area contributed by atoms with Crippen LogP contribution in [0.2, 0.25) is 0 Å². The molecule has 44 heavy (non-hydrogen) atoms. The Labute approximate surface area is 255 Å². The van der Waals surface area contributed by atoms with Gasteiger partial charge in [0.1, 0.15) is 0 Å². The van der Waals surface area contributed by atoms with Crippen LogP contribution in [0.1, 0.15) is 5.56 Å². The van der Waals surface area contributed by atoms with Crippen molar-refractivity contribution in [2.75, 3.05) is 74.1 Å². The van der Waals surface area contributed by atoms with Crippen LogP contribution in [0.5, 0.6) is 17.2 Å². The van der Waals surface area contributed by atoms with Crippen molar-refractivity contribution in [1.82, 2.24) is 28.5 Å². The maximum absolute atomic E-state index is 12.8. The van der Waals surface area contributed by atoms with Crippen LogP contribution in [0.3, 0.4) is 0 Å². The molecule has 14 nitrogen and oxygen atoms in total. The first-order chi connectivity index (χ1) is 21.3. The number of imidazole rings is 1. The summed E-state index contributed by atoms with van der Waals surface area (Å²) in [6.07, 6.45) is 8.48. The first-order valence-electron chi connectivity index (χ1n) is 14.2. The fourth-order valence-corrected chi connectivity index (χ4v) is 4.86. The molecule has 0 spiro atoms. The van der Waals surface area contributed by atoms with Crippen LogP contribution in [0.4, 0.5) is 0 Å². The highest BCUT2D eigenvalue weighted by Crippen LogP contribution is 2.39. The Balaban J connectivity index is 1.28. The van der Waals surface area contributed by atoms with E-state index in [9.17, 15) is 14.4 Å². The van der Waals surface area contributed by atoms with Gasteiger partial charge in [-0.05, 0) is 17.7 Å². The highest BCUT2D eigenvalue weighted by molar-refractivity contribution is 5.88. The lowest BCUT2D eigenvalue weighted by molar-refractivity contribution is -0.127. The van der Waals surface area contributed by atoms with Gasteiger partial charge in [0.25, 0.3) is 5.56 Å². The second-order valence-corrected chi connectivity index (χ2v) is 10.1. The third kappa shape index (κ3) is 7.56. The molecule has 0 N–H and O–H groups in total. The van der Waals surface area contributed by atoms with Crippen molar-refractivity contribution in [3.63, 3.8) is 0 Å². The number of hydrogen-bond donors (Lipinski definition) is 0. The van der Waals surface area contributed by atoms with Gasteiger partial charge >= 0.3 is 5.69 Å². The number of methoxy groups -OCH3 is 3. The lowest BCUT2D eigenvalue weighted by Gasteiger charge is -2.34. The Morgan fingerprint density at radius 1 is 0.932 bits per heavy atom. The van der Waals surface area contributed by atoms with Gasteiger partial charge in [-0.1, -0.05) is 18.2 Å². The second kappa shape index (κ2) is 15.4. The van der Waals surface area contributed by atoms with Crippen LogP contribution in [0.15, 0.2) is 46.3 Å². The summed E-state index contributed by atoms with van der Waals surface area (Å²) in [4.78, 5) is 46.0. The van der Waals surface area contributed by atoms with Crippen molar-refractivity contribution in [2.45, 2.75) is 6.54 Å². The quantitative estimate of drug-likeness (QED) is 0.112. The number of piperazine rings is 1. The molecule has 1 aliphatic rings. The molecular formula is C30H40N6O8. The molecule has 1 amide bonds. The Morgan fingerprint density at radius 2 is 1.64 bits per heavy atom. The average molecular weight is 613 g/mol. The summed E-state index contributed by atoms with van der Waals surface area (Å²) < 4.78 is 31.3. The number of amides is 1. The number of nitrogens with zero attached hydrogens (tertiary/aromatic N) is 6. The van der Waals surface area contributed by atoms with Gasteiger partial charge in [-0.25, -0.2) is 9.78 Å². The molecule has 238 valence electrons. The minimum absolute atomic E-state index is 0.0244. The van der Waals surface area contributed by atoms with Crippen molar-refractivity contribution < 1.29 is 28.5 Å². The minimum atomic E-state index is -0.404. The zero-order chi connectivity index (χ0) is 31.6. The molecule has 0 bridgehead atoms. The number of aryl methyl sites for hydroxylation is 1. The van der Waals surface area contributed by atoms with Gasteiger partial charge in [0.15, 0.2) is 29.5 Å². The summed E-state index contributed by atoms with van der Waals surface area (Å²) in [6, 6.07) is 3.62. The van der Waals surface area contributed by atoms with Gasteiger partial charge in [0.2, 0.25) is 11.7 Å². The molecule has 0 saturated carbocycles. The number of ether oxygens (including phenoxy) is 5. The smallest absolute Gasteiger partial charge is 0.332 e. The van der Waals surface area contributed by atoms with Crippen molar-refractivity contribution in [3.05, 3.63) is 63.1 Å². The summed E-state index contributed by atoms with van der Waals surface area (Å²) in [6.45, 7) is 4.75.